The number of rotatable bonds is 9. The molecule has 3 aliphatic heterocycles. The number of allylic oxidation sites excluding steroid dienone is 2. The van der Waals surface area contributed by atoms with Gasteiger partial charge in [0.25, 0.3) is 0 Å². The molecule has 7 fully saturated rings. The van der Waals surface area contributed by atoms with Crippen molar-refractivity contribution >= 4 is 5.97 Å². The van der Waals surface area contributed by atoms with Gasteiger partial charge in [-0.15, -0.1) is 0 Å². The van der Waals surface area contributed by atoms with Crippen LogP contribution in [-0.2, 0) is 33.2 Å². The Hall–Kier alpha value is -1.47. The molecule has 0 aromatic carbocycles. The van der Waals surface area contributed by atoms with Crippen molar-refractivity contribution in [3.63, 3.8) is 0 Å². The normalized spacial score (nSPS) is 55.2. The number of fused-ring (bicyclic) bond motifs is 7. The van der Waals surface area contributed by atoms with Crippen LogP contribution in [0.15, 0.2) is 11.6 Å². The predicted octanol–water partition coefficient (Wildman–Crippen LogP) is -0.889. The molecule has 0 bridgehead atoms. The van der Waals surface area contributed by atoms with E-state index in [2.05, 4.69) is 40.7 Å². The predicted molar refractivity (Wildman–Crippen MR) is 232 cm³/mol. The summed E-state index contributed by atoms with van der Waals surface area (Å²) in [6.45, 7) is 12.8. The van der Waals surface area contributed by atoms with Gasteiger partial charge in [0.1, 0.15) is 61.0 Å². The molecule has 5 aliphatic carbocycles. The fourth-order valence-corrected chi connectivity index (χ4v) is 15.1. The Labute approximate surface area is 392 Å². The fraction of sp³-hybridized carbons (Fsp3) is 0.938. The first-order valence-corrected chi connectivity index (χ1v) is 24.4. The molecule has 0 spiro atoms. The van der Waals surface area contributed by atoms with Gasteiger partial charge in [-0.1, -0.05) is 53.2 Å². The molecule has 8 aliphatic rings. The maximum absolute atomic E-state index is 15.2. The third-order valence-corrected chi connectivity index (χ3v) is 19.4. The van der Waals surface area contributed by atoms with E-state index in [-0.39, 0.29) is 35.2 Å². The maximum Gasteiger partial charge on any atom is 0.315 e. The van der Waals surface area contributed by atoms with Gasteiger partial charge in [0.05, 0.1) is 43.5 Å². The fourth-order valence-electron chi connectivity index (χ4n) is 15.1. The SMILES string of the molecule is C[C@@H]1O[C@H](O[C@@H]2[C@@H](OC(=O)[C@]34CCC(C)(C)C[C@H]3C3=CC[C@@H]5[C@]6(C)C[C@@H](O)[C@H](O[C@@H]7O[C@H](CO)[C@@H](O)[C@@H](O)[C@@H]7O)[C@@](C)(CO)[C@H]6CC[C@@]5(C)[C@@]3(C)CC4)O[C@@H](CO)[C@@H](O)[C@H]2O)[C@@H](O)[C@H](O)[C@H]1O. The second kappa shape index (κ2) is 18.2. The minimum atomic E-state index is -1.79. The molecule has 3 saturated heterocycles. The second-order valence-corrected chi connectivity index (χ2v) is 23.5. The van der Waals surface area contributed by atoms with Crippen LogP contribution in [0.4, 0.5) is 0 Å². The van der Waals surface area contributed by atoms with E-state index in [1.54, 1.807) is 0 Å². The summed E-state index contributed by atoms with van der Waals surface area (Å²) in [5.74, 6) is -1.04. The lowest BCUT2D eigenvalue weighted by molar-refractivity contribution is -0.361. The van der Waals surface area contributed by atoms with Gasteiger partial charge in [-0.25, -0.2) is 0 Å². The van der Waals surface area contributed by atoms with E-state index in [4.69, 9.17) is 28.4 Å². The molecule has 3 heterocycles. The molecule has 384 valence electrons. The quantitative estimate of drug-likeness (QED) is 0.0758. The number of hydrogen-bond acceptors (Lipinski definition) is 19. The Bertz CT molecular complexity index is 1830. The number of aliphatic hydroxyl groups is 12. The van der Waals surface area contributed by atoms with Crippen LogP contribution in [0.3, 0.4) is 0 Å². The van der Waals surface area contributed by atoms with Crippen LogP contribution in [0.25, 0.3) is 0 Å². The number of aliphatic hydroxyl groups excluding tert-OH is 12. The van der Waals surface area contributed by atoms with Gasteiger partial charge in [-0.05, 0) is 104 Å². The molecule has 19 nitrogen and oxygen atoms in total. The van der Waals surface area contributed by atoms with E-state index in [0.29, 0.717) is 51.4 Å². The van der Waals surface area contributed by atoms with Crippen molar-refractivity contribution < 1.29 is 94.5 Å². The Morgan fingerprint density at radius 2 is 1.24 bits per heavy atom. The zero-order chi connectivity index (χ0) is 49.1. The number of carbonyl (C=O) groups excluding carboxylic acids is 1. The molecule has 67 heavy (non-hydrogen) atoms. The van der Waals surface area contributed by atoms with Gasteiger partial charge in [0, 0.05) is 5.41 Å². The molecule has 8 rings (SSSR count). The van der Waals surface area contributed by atoms with Crippen molar-refractivity contribution in [2.75, 3.05) is 19.8 Å². The van der Waals surface area contributed by atoms with Gasteiger partial charge in [0.2, 0.25) is 6.29 Å². The zero-order valence-corrected chi connectivity index (χ0v) is 39.8. The lowest BCUT2D eigenvalue weighted by Gasteiger charge is -2.72. The average Bonchev–Trinajstić information content (AvgIpc) is 3.28. The monoisotopic (exact) mass is 959 g/mol. The van der Waals surface area contributed by atoms with Crippen LogP contribution in [0.1, 0.15) is 106 Å². The number of ether oxygens (including phenoxy) is 6. The van der Waals surface area contributed by atoms with Crippen molar-refractivity contribution in [3.8, 4) is 0 Å². The summed E-state index contributed by atoms with van der Waals surface area (Å²) in [5.41, 5.74) is -2.40. The van der Waals surface area contributed by atoms with Crippen LogP contribution in [-0.4, -0.2) is 191 Å². The molecule has 12 N–H and O–H groups in total. The zero-order valence-electron chi connectivity index (χ0n) is 39.8. The van der Waals surface area contributed by atoms with Crippen molar-refractivity contribution in [3.05, 3.63) is 11.6 Å². The summed E-state index contributed by atoms with van der Waals surface area (Å²) in [4.78, 5) is 15.2. The number of carbonyl (C=O) groups is 1. The maximum atomic E-state index is 15.2. The minimum absolute atomic E-state index is 0.00821. The van der Waals surface area contributed by atoms with E-state index in [1.807, 2.05) is 6.92 Å². The van der Waals surface area contributed by atoms with Crippen LogP contribution in [0.2, 0.25) is 0 Å². The molecular formula is C48H78O19. The van der Waals surface area contributed by atoms with E-state index >= 15 is 4.79 Å². The third-order valence-electron chi connectivity index (χ3n) is 19.4. The Morgan fingerprint density at radius 3 is 1.87 bits per heavy atom. The van der Waals surface area contributed by atoms with Crippen LogP contribution in [0.5, 0.6) is 0 Å². The first-order chi connectivity index (χ1) is 31.3. The summed E-state index contributed by atoms with van der Waals surface area (Å²) in [5, 5.41) is 129. The summed E-state index contributed by atoms with van der Waals surface area (Å²) in [7, 11) is 0. The van der Waals surface area contributed by atoms with E-state index in [0.717, 1.165) is 12.0 Å². The third kappa shape index (κ3) is 8.01. The largest absolute Gasteiger partial charge is 0.432 e. The summed E-state index contributed by atoms with van der Waals surface area (Å²) in [6.07, 6.45) is -18.0. The molecule has 0 unspecified atom stereocenters. The van der Waals surface area contributed by atoms with Gasteiger partial charge < -0.3 is 89.7 Å². The highest BCUT2D eigenvalue weighted by Crippen LogP contribution is 2.76. The average molecular weight is 959 g/mol. The smallest absolute Gasteiger partial charge is 0.315 e. The topological polar surface area (TPSA) is 315 Å². The lowest BCUT2D eigenvalue weighted by atomic mass is 9.33. The molecule has 0 radical (unpaired) electrons. The van der Waals surface area contributed by atoms with Crippen molar-refractivity contribution in [1.29, 1.82) is 0 Å². The van der Waals surface area contributed by atoms with Crippen LogP contribution >= 0.6 is 0 Å². The number of esters is 1. The standard InChI is InChI=1S/C48H78O19/c1-21-29(53)32(56)35(59)39(62-21)65-37-34(58)31(55)26(19-50)64-41(37)67-42(61)48-14-12-43(2,3)16-23(48)22-8-9-28-44(4)17-24(52)38(66-40-36(60)33(57)30(54)25(18-49)63-40)45(5,20-51)27(44)10-11-47(28,7)46(22,6)13-15-48/h8,21,23-41,49-60H,9-20H2,1-7H3/t21-,23-,24+,25+,26-,27-,28+,29-,30+,31+,32+,33+,34+,35-,36-,37-,38-,39+,40-,41+,44+,45-,46-,47+,48-/m0/s1. The molecule has 19 heteroatoms. The molecular weight excluding hydrogens is 881 g/mol. The highest BCUT2D eigenvalue weighted by molar-refractivity contribution is 5.79. The Balaban J connectivity index is 1.08. The molecule has 4 saturated carbocycles. The summed E-state index contributed by atoms with van der Waals surface area (Å²) >= 11 is 0. The number of hydrogen-bond donors (Lipinski definition) is 12. The summed E-state index contributed by atoms with van der Waals surface area (Å²) in [6, 6.07) is 0. The molecule has 0 amide bonds. The van der Waals surface area contributed by atoms with Crippen LogP contribution in [0, 0.1) is 50.2 Å². The first kappa shape index (κ1) is 51.9. The van der Waals surface area contributed by atoms with Gasteiger partial charge in [-0.3, -0.25) is 4.79 Å². The second-order valence-electron chi connectivity index (χ2n) is 23.5. The minimum Gasteiger partial charge on any atom is -0.432 e. The van der Waals surface area contributed by atoms with Crippen molar-refractivity contribution in [1.82, 2.24) is 0 Å². The van der Waals surface area contributed by atoms with Gasteiger partial charge in [-0.2, -0.15) is 0 Å². The van der Waals surface area contributed by atoms with E-state index < -0.39 is 145 Å². The highest BCUT2D eigenvalue weighted by Gasteiger charge is 2.71. The summed E-state index contributed by atoms with van der Waals surface area (Å²) < 4.78 is 35.9. The first-order valence-electron chi connectivity index (χ1n) is 24.4. The molecule has 0 aromatic rings. The van der Waals surface area contributed by atoms with Crippen molar-refractivity contribution in [2.24, 2.45) is 50.2 Å². The van der Waals surface area contributed by atoms with Gasteiger partial charge in [0.15, 0.2) is 18.7 Å². The lowest BCUT2D eigenvalue weighted by Crippen LogP contribution is -2.69. The van der Waals surface area contributed by atoms with E-state index in [9.17, 15) is 61.3 Å². The Morgan fingerprint density at radius 1 is 0.657 bits per heavy atom. The highest BCUT2D eigenvalue weighted by atomic mass is 16.8. The van der Waals surface area contributed by atoms with Gasteiger partial charge >= 0.3 is 5.97 Å². The molecule has 25 atom stereocenters. The van der Waals surface area contributed by atoms with Crippen LogP contribution < -0.4 is 0 Å². The molecule has 0 aromatic heterocycles. The van der Waals surface area contributed by atoms with Crippen molar-refractivity contribution in [2.45, 2.75) is 211 Å². The Kier molecular flexibility index (Phi) is 14.1. The van der Waals surface area contributed by atoms with E-state index in [1.165, 1.54) is 6.92 Å².